The van der Waals surface area contributed by atoms with Crippen LogP contribution in [0.25, 0.3) is 0 Å². The van der Waals surface area contributed by atoms with Gasteiger partial charge in [-0.1, -0.05) is 18.0 Å². The van der Waals surface area contributed by atoms with Gasteiger partial charge in [-0.2, -0.15) is 4.31 Å². The van der Waals surface area contributed by atoms with Gasteiger partial charge in [0, 0.05) is 25.2 Å². The molecule has 1 amide bonds. The second-order valence-electron chi connectivity index (χ2n) is 7.35. The molecule has 7 nitrogen and oxygen atoms in total. The van der Waals surface area contributed by atoms with Crippen LogP contribution in [-0.2, 0) is 14.8 Å². The summed E-state index contributed by atoms with van der Waals surface area (Å²) in [6.07, 6.45) is 5.45. The summed E-state index contributed by atoms with van der Waals surface area (Å²) in [5, 5.41) is 2.73. The van der Waals surface area contributed by atoms with Gasteiger partial charge in [-0.15, -0.1) is 0 Å². The predicted octanol–water partition coefficient (Wildman–Crippen LogP) is 2.31. The minimum Gasteiger partial charge on any atom is -0.482 e. The molecule has 1 aromatic carbocycles. The van der Waals surface area contributed by atoms with Crippen molar-refractivity contribution < 1.29 is 17.9 Å². The van der Waals surface area contributed by atoms with Gasteiger partial charge in [0.05, 0.1) is 10.7 Å². The second kappa shape index (κ2) is 7.58. The normalized spacial score (nSPS) is 22.8. The topological polar surface area (TPSA) is 79.0 Å². The monoisotopic (exact) mass is 413 g/mol. The van der Waals surface area contributed by atoms with E-state index < -0.39 is 10.0 Å². The Morgan fingerprint density at radius 2 is 1.78 bits per heavy atom. The van der Waals surface area contributed by atoms with Crippen molar-refractivity contribution in [2.24, 2.45) is 0 Å². The number of nitrogens with one attached hydrogen (secondary N) is 1. The van der Waals surface area contributed by atoms with E-state index in [-0.39, 0.29) is 22.4 Å². The number of ether oxygens (including phenoxy) is 1. The van der Waals surface area contributed by atoms with Crippen LogP contribution in [0.3, 0.4) is 0 Å². The number of hydrogen-bond acceptors (Lipinski definition) is 5. The van der Waals surface area contributed by atoms with Gasteiger partial charge in [0.15, 0.2) is 6.61 Å². The minimum atomic E-state index is -3.70. The Morgan fingerprint density at radius 3 is 2.48 bits per heavy atom. The van der Waals surface area contributed by atoms with E-state index in [0.29, 0.717) is 30.6 Å². The Labute approximate surface area is 164 Å². The van der Waals surface area contributed by atoms with E-state index in [1.165, 1.54) is 35.7 Å². The van der Waals surface area contributed by atoms with Gasteiger partial charge < -0.3 is 15.0 Å². The summed E-state index contributed by atoms with van der Waals surface area (Å²) in [7, 11) is -3.70. The Bertz CT molecular complexity index is 831. The molecule has 0 spiro atoms. The number of piperidine rings is 2. The summed E-state index contributed by atoms with van der Waals surface area (Å²) < 4.78 is 33.1. The van der Waals surface area contributed by atoms with Crippen LogP contribution in [0.15, 0.2) is 17.0 Å². The molecule has 2 saturated heterocycles. The number of carbonyl (C=O) groups is 1. The van der Waals surface area contributed by atoms with Crippen LogP contribution in [0.1, 0.15) is 32.1 Å². The third-order valence-electron chi connectivity index (χ3n) is 5.62. The highest BCUT2D eigenvalue weighted by molar-refractivity contribution is 7.89. The van der Waals surface area contributed by atoms with E-state index >= 15 is 0 Å². The quantitative estimate of drug-likeness (QED) is 0.822. The van der Waals surface area contributed by atoms with E-state index in [0.717, 1.165) is 25.9 Å². The first kappa shape index (κ1) is 19.0. The number of anilines is 1. The van der Waals surface area contributed by atoms with Crippen molar-refractivity contribution in [1.82, 2.24) is 9.21 Å². The van der Waals surface area contributed by atoms with Gasteiger partial charge in [-0.05, 0) is 44.8 Å². The number of carbonyl (C=O) groups excluding carboxylic acids is 1. The molecule has 1 aromatic rings. The summed E-state index contributed by atoms with van der Waals surface area (Å²) in [4.78, 5) is 14.0. The van der Waals surface area contributed by atoms with Crippen molar-refractivity contribution in [3.05, 3.63) is 17.2 Å². The highest BCUT2D eigenvalue weighted by atomic mass is 35.5. The van der Waals surface area contributed by atoms with Crippen LogP contribution in [0.4, 0.5) is 5.69 Å². The molecule has 0 bridgehead atoms. The number of fused-ring (bicyclic) bond motifs is 1. The third-order valence-corrected chi connectivity index (χ3v) is 7.98. The SMILES string of the molecule is O=C1COc2cc(S(=O)(=O)N3CCC(N4CCCCC4)CC3)c(Cl)cc2N1. The second-order valence-corrected chi connectivity index (χ2v) is 9.66. The number of sulfonamides is 1. The van der Waals surface area contributed by atoms with E-state index in [1.54, 1.807) is 0 Å². The smallest absolute Gasteiger partial charge is 0.262 e. The number of rotatable bonds is 3. The zero-order valence-electron chi connectivity index (χ0n) is 15.1. The minimum absolute atomic E-state index is 0.0375. The molecule has 1 N–H and O–H groups in total. The average molecular weight is 414 g/mol. The zero-order chi connectivity index (χ0) is 19.0. The van der Waals surface area contributed by atoms with E-state index in [4.69, 9.17) is 16.3 Å². The van der Waals surface area contributed by atoms with Gasteiger partial charge in [0.25, 0.3) is 5.91 Å². The third kappa shape index (κ3) is 3.81. The summed E-state index contributed by atoms with van der Waals surface area (Å²) in [5.74, 6) is 0.0507. The van der Waals surface area contributed by atoms with Crippen molar-refractivity contribution in [2.75, 3.05) is 38.1 Å². The zero-order valence-corrected chi connectivity index (χ0v) is 16.7. The Balaban J connectivity index is 1.50. The molecule has 0 saturated carbocycles. The molecule has 0 atom stereocenters. The number of amides is 1. The lowest BCUT2D eigenvalue weighted by molar-refractivity contribution is -0.118. The molecular formula is C18H24ClN3O4S. The standard InChI is InChI=1S/C18H24ClN3O4S/c19-14-10-15-16(26-12-18(23)20-15)11-17(14)27(24,25)22-8-4-13(5-9-22)21-6-2-1-3-7-21/h10-11,13H,1-9,12H2,(H,20,23). The number of halogens is 1. The molecule has 0 aliphatic carbocycles. The van der Waals surface area contributed by atoms with E-state index in [1.807, 2.05) is 0 Å². The summed E-state index contributed by atoms with van der Waals surface area (Å²) in [6, 6.07) is 3.33. The maximum atomic E-state index is 13.1. The highest BCUT2D eigenvalue weighted by Gasteiger charge is 2.34. The van der Waals surface area contributed by atoms with Crippen LogP contribution in [0, 0.1) is 0 Å². The average Bonchev–Trinajstić information content (AvgIpc) is 2.68. The Kier molecular flexibility index (Phi) is 5.33. The molecule has 3 heterocycles. The number of hydrogen-bond donors (Lipinski definition) is 1. The molecule has 2 fully saturated rings. The molecule has 4 rings (SSSR count). The largest absolute Gasteiger partial charge is 0.482 e. The van der Waals surface area contributed by atoms with Crippen LogP contribution in [0.2, 0.25) is 5.02 Å². The lowest BCUT2D eigenvalue weighted by atomic mass is 10.0. The molecule has 3 aliphatic rings. The fourth-order valence-corrected chi connectivity index (χ4v) is 6.14. The van der Waals surface area contributed by atoms with Crippen molar-refractivity contribution >= 4 is 33.2 Å². The molecule has 148 valence electrons. The molecule has 3 aliphatic heterocycles. The summed E-state index contributed by atoms with van der Waals surface area (Å²) in [6.45, 7) is 3.10. The molecule has 0 unspecified atom stereocenters. The van der Waals surface area contributed by atoms with Gasteiger partial charge in [0.2, 0.25) is 10.0 Å². The molecule has 9 heteroatoms. The Hall–Kier alpha value is -1.35. The molecular weight excluding hydrogens is 390 g/mol. The number of nitrogens with zero attached hydrogens (tertiary/aromatic N) is 2. The molecule has 0 aromatic heterocycles. The van der Waals surface area contributed by atoms with Crippen molar-refractivity contribution in [2.45, 2.75) is 43.0 Å². The van der Waals surface area contributed by atoms with Crippen molar-refractivity contribution in [3.8, 4) is 5.75 Å². The van der Waals surface area contributed by atoms with Gasteiger partial charge in [-0.3, -0.25) is 4.79 Å². The summed E-state index contributed by atoms with van der Waals surface area (Å²) >= 11 is 6.24. The first-order valence-electron chi connectivity index (χ1n) is 9.45. The lowest BCUT2D eigenvalue weighted by Gasteiger charge is -2.39. The van der Waals surface area contributed by atoms with Gasteiger partial charge in [-0.25, -0.2) is 8.42 Å². The number of benzene rings is 1. The first-order chi connectivity index (χ1) is 12.9. The van der Waals surface area contributed by atoms with Crippen LogP contribution in [-0.4, -0.2) is 62.4 Å². The van der Waals surface area contributed by atoms with Crippen LogP contribution in [0.5, 0.6) is 5.75 Å². The van der Waals surface area contributed by atoms with Gasteiger partial charge in [0.1, 0.15) is 10.6 Å². The Morgan fingerprint density at radius 1 is 1.07 bits per heavy atom. The maximum Gasteiger partial charge on any atom is 0.262 e. The number of likely N-dealkylation sites (tertiary alicyclic amines) is 1. The van der Waals surface area contributed by atoms with Crippen molar-refractivity contribution in [3.63, 3.8) is 0 Å². The molecule has 0 radical (unpaired) electrons. The van der Waals surface area contributed by atoms with Crippen LogP contribution >= 0.6 is 11.6 Å². The molecule has 27 heavy (non-hydrogen) atoms. The fourth-order valence-electron chi connectivity index (χ4n) is 4.15. The predicted molar refractivity (Wildman–Crippen MR) is 103 cm³/mol. The van der Waals surface area contributed by atoms with Crippen LogP contribution < -0.4 is 10.1 Å². The first-order valence-corrected chi connectivity index (χ1v) is 11.3. The highest BCUT2D eigenvalue weighted by Crippen LogP contribution is 2.37. The fraction of sp³-hybridized carbons (Fsp3) is 0.611. The van der Waals surface area contributed by atoms with Crippen molar-refractivity contribution in [1.29, 1.82) is 0 Å². The lowest BCUT2D eigenvalue weighted by Crippen LogP contribution is -2.48. The summed E-state index contributed by atoms with van der Waals surface area (Å²) in [5.41, 5.74) is 0.402. The van der Waals surface area contributed by atoms with E-state index in [2.05, 4.69) is 10.2 Å². The van der Waals surface area contributed by atoms with Gasteiger partial charge >= 0.3 is 0 Å². The van der Waals surface area contributed by atoms with E-state index in [9.17, 15) is 13.2 Å². The maximum absolute atomic E-state index is 13.1.